The van der Waals surface area contributed by atoms with E-state index in [1.54, 1.807) is 0 Å². The van der Waals surface area contributed by atoms with Crippen molar-refractivity contribution in [2.75, 3.05) is 4.90 Å². The van der Waals surface area contributed by atoms with Gasteiger partial charge in [-0.3, -0.25) is 24.6 Å². The first-order valence-electron chi connectivity index (χ1n) is 7.61. The van der Waals surface area contributed by atoms with Crippen molar-refractivity contribution in [1.82, 2.24) is 5.32 Å². The topological polar surface area (TPSA) is 66.5 Å². The maximum absolute atomic E-state index is 12.0. The molecular weight excluding hydrogens is 280 g/mol. The SMILES string of the molecule is CC.CC(=O)N(c1ccc(C)cc1C)C1CCC(=O)NC1=O. The molecule has 1 N–H and O–H groups in total. The molecule has 22 heavy (non-hydrogen) atoms. The molecule has 1 fully saturated rings. The molecule has 1 saturated heterocycles. The van der Waals surface area contributed by atoms with E-state index in [4.69, 9.17) is 0 Å². The van der Waals surface area contributed by atoms with Gasteiger partial charge >= 0.3 is 0 Å². The van der Waals surface area contributed by atoms with Gasteiger partial charge < -0.3 is 0 Å². The van der Waals surface area contributed by atoms with Crippen LogP contribution in [0.1, 0.15) is 44.7 Å². The summed E-state index contributed by atoms with van der Waals surface area (Å²) in [6.07, 6.45) is 0.614. The summed E-state index contributed by atoms with van der Waals surface area (Å²) in [4.78, 5) is 36.7. The fourth-order valence-corrected chi connectivity index (χ4v) is 2.56. The normalized spacial score (nSPS) is 17.2. The number of benzene rings is 1. The molecule has 0 bridgehead atoms. The van der Waals surface area contributed by atoms with Gasteiger partial charge in [0.1, 0.15) is 6.04 Å². The maximum atomic E-state index is 12.0. The second kappa shape index (κ2) is 7.73. The highest BCUT2D eigenvalue weighted by atomic mass is 16.2. The molecule has 1 aromatic rings. The van der Waals surface area contributed by atoms with Crippen LogP contribution in [0.15, 0.2) is 18.2 Å². The number of anilines is 1. The van der Waals surface area contributed by atoms with Crippen molar-refractivity contribution in [2.45, 2.75) is 53.5 Å². The Kier molecular flexibility index (Phi) is 6.28. The molecular formula is C17H24N2O3. The lowest BCUT2D eigenvalue weighted by atomic mass is 10.0. The Morgan fingerprint density at radius 3 is 2.36 bits per heavy atom. The molecule has 0 saturated carbocycles. The summed E-state index contributed by atoms with van der Waals surface area (Å²) in [5.41, 5.74) is 2.75. The van der Waals surface area contributed by atoms with Crippen LogP contribution in [0.2, 0.25) is 0 Å². The number of aryl methyl sites for hydroxylation is 2. The minimum atomic E-state index is -0.619. The summed E-state index contributed by atoms with van der Waals surface area (Å²) in [5.74, 6) is -0.891. The zero-order chi connectivity index (χ0) is 16.9. The summed E-state index contributed by atoms with van der Waals surface area (Å²) in [7, 11) is 0. The largest absolute Gasteiger partial charge is 0.300 e. The molecule has 1 aliphatic heterocycles. The van der Waals surface area contributed by atoms with Crippen LogP contribution in [0.5, 0.6) is 0 Å². The number of nitrogens with zero attached hydrogens (tertiary/aromatic N) is 1. The minimum absolute atomic E-state index is 0.202. The van der Waals surface area contributed by atoms with Crippen molar-refractivity contribution < 1.29 is 14.4 Å². The van der Waals surface area contributed by atoms with Crippen LogP contribution in [0.4, 0.5) is 5.69 Å². The molecule has 0 aliphatic carbocycles. The Balaban J connectivity index is 0.00000116. The van der Waals surface area contributed by atoms with Crippen LogP contribution < -0.4 is 10.2 Å². The van der Waals surface area contributed by atoms with Crippen molar-refractivity contribution in [2.24, 2.45) is 0 Å². The first-order chi connectivity index (χ1) is 10.4. The number of hydrogen-bond donors (Lipinski definition) is 1. The third-order valence-corrected chi connectivity index (χ3v) is 3.47. The first-order valence-corrected chi connectivity index (χ1v) is 7.61. The van der Waals surface area contributed by atoms with Crippen molar-refractivity contribution in [3.8, 4) is 0 Å². The Bertz CT molecular complexity index is 581. The zero-order valence-corrected chi connectivity index (χ0v) is 13.9. The highest BCUT2D eigenvalue weighted by Crippen LogP contribution is 2.26. The molecule has 3 amide bonds. The molecule has 120 valence electrons. The molecule has 0 radical (unpaired) electrons. The molecule has 2 rings (SSSR count). The Morgan fingerprint density at radius 1 is 1.23 bits per heavy atom. The number of nitrogens with one attached hydrogen (secondary N) is 1. The lowest BCUT2D eigenvalue weighted by molar-refractivity contribution is -0.135. The summed E-state index contributed by atoms with van der Waals surface area (Å²) >= 11 is 0. The van der Waals surface area contributed by atoms with E-state index in [9.17, 15) is 14.4 Å². The molecule has 1 atom stereocenters. The molecule has 0 spiro atoms. The van der Waals surface area contributed by atoms with Gasteiger partial charge in [-0.25, -0.2) is 0 Å². The molecule has 1 heterocycles. The number of imide groups is 1. The quantitative estimate of drug-likeness (QED) is 0.854. The molecule has 1 aliphatic rings. The monoisotopic (exact) mass is 304 g/mol. The van der Waals surface area contributed by atoms with E-state index < -0.39 is 11.9 Å². The van der Waals surface area contributed by atoms with Crippen molar-refractivity contribution in [3.05, 3.63) is 29.3 Å². The van der Waals surface area contributed by atoms with E-state index in [1.807, 2.05) is 45.9 Å². The van der Waals surface area contributed by atoms with E-state index in [0.29, 0.717) is 6.42 Å². The highest BCUT2D eigenvalue weighted by molar-refractivity contribution is 6.06. The fourth-order valence-electron chi connectivity index (χ4n) is 2.56. The minimum Gasteiger partial charge on any atom is -0.300 e. The molecule has 1 aromatic carbocycles. The van der Waals surface area contributed by atoms with Crippen molar-refractivity contribution in [1.29, 1.82) is 0 Å². The van der Waals surface area contributed by atoms with Crippen molar-refractivity contribution >= 4 is 23.4 Å². The molecule has 1 unspecified atom stereocenters. The third kappa shape index (κ3) is 3.93. The van der Waals surface area contributed by atoms with E-state index >= 15 is 0 Å². The molecule has 0 aromatic heterocycles. The van der Waals surface area contributed by atoms with Gasteiger partial charge in [-0.15, -0.1) is 0 Å². The predicted octanol–water partition coefficient (Wildman–Crippen LogP) is 2.49. The fraction of sp³-hybridized carbons (Fsp3) is 0.471. The number of rotatable bonds is 2. The Morgan fingerprint density at radius 2 is 1.86 bits per heavy atom. The summed E-state index contributed by atoms with van der Waals surface area (Å²) in [5, 5.41) is 2.29. The van der Waals surface area contributed by atoms with Crippen LogP contribution in [-0.4, -0.2) is 23.8 Å². The van der Waals surface area contributed by atoms with E-state index in [-0.39, 0.29) is 18.2 Å². The number of hydrogen-bond acceptors (Lipinski definition) is 3. The maximum Gasteiger partial charge on any atom is 0.249 e. The van der Waals surface area contributed by atoms with Gasteiger partial charge in [-0.1, -0.05) is 31.5 Å². The average Bonchev–Trinajstić information content (AvgIpc) is 2.45. The van der Waals surface area contributed by atoms with Crippen molar-refractivity contribution in [3.63, 3.8) is 0 Å². The van der Waals surface area contributed by atoms with Gasteiger partial charge in [0.25, 0.3) is 0 Å². The second-order valence-corrected chi connectivity index (χ2v) is 5.15. The number of carbonyl (C=O) groups excluding carboxylic acids is 3. The zero-order valence-electron chi connectivity index (χ0n) is 13.9. The van der Waals surface area contributed by atoms with Gasteiger partial charge in [-0.05, 0) is 31.9 Å². The first kappa shape index (κ1) is 17.9. The van der Waals surface area contributed by atoms with Gasteiger partial charge in [-0.2, -0.15) is 0 Å². The summed E-state index contributed by atoms with van der Waals surface area (Å²) < 4.78 is 0. The number of piperidine rings is 1. The van der Waals surface area contributed by atoms with E-state index in [0.717, 1.165) is 16.8 Å². The van der Waals surface area contributed by atoms with Crippen LogP contribution in [0.3, 0.4) is 0 Å². The number of carbonyl (C=O) groups is 3. The van der Waals surface area contributed by atoms with Gasteiger partial charge in [0, 0.05) is 19.0 Å². The van der Waals surface area contributed by atoms with Gasteiger partial charge in [0.05, 0.1) is 0 Å². The average molecular weight is 304 g/mol. The summed E-state index contributed by atoms with van der Waals surface area (Å²) in [6, 6.07) is 5.10. The smallest absolute Gasteiger partial charge is 0.249 e. The predicted molar refractivity (Wildman–Crippen MR) is 86.6 cm³/mol. The third-order valence-electron chi connectivity index (χ3n) is 3.47. The van der Waals surface area contributed by atoms with Gasteiger partial charge in [0.2, 0.25) is 17.7 Å². The van der Waals surface area contributed by atoms with Gasteiger partial charge in [0.15, 0.2) is 0 Å². The number of amides is 3. The standard InChI is InChI=1S/C15H18N2O3.C2H6/c1-9-4-5-12(10(2)8-9)17(11(3)18)13-6-7-14(19)16-15(13)20;1-2/h4-5,8,13H,6-7H2,1-3H3,(H,16,19,20);1-2H3. The Labute approximate surface area is 131 Å². The molecule has 5 nitrogen and oxygen atoms in total. The molecule has 5 heteroatoms. The highest BCUT2D eigenvalue weighted by Gasteiger charge is 2.34. The van der Waals surface area contributed by atoms with Crippen LogP contribution >= 0.6 is 0 Å². The van der Waals surface area contributed by atoms with E-state index in [1.165, 1.54) is 11.8 Å². The van der Waals surface area contributed by atoms with E-state index in [2.05, 4.69) is 5.32 Å². The second-order valence-electron chi connectivity index (χ2n) is 5.15. The van der Waals surface area contributed by atoms with Crippen LogP contribution in [0, 0.1) is 13.8 Å². The Hall–Kier alpha value is -2.17. The lowest BCUT2D eigenvalue weighted by Crippen LogP contribution is -2.54. The van der Waals surface area contributed by atoms with Crippen LogP contribution in [-0.2, 0) is 14.4 Å². The lowest BCUT2D eigenvalue weighted by Gasteiger charge is -2.33. The summed E-state index contributed by atoms with van der Waals surface area (Å²) in [6.45, 7) is 9.31. The van der Waals surface area contributed by atoms with Crippen LogP contribution in [0.25, 0.3) is 0 Å².